The van der Waals surface area contributed by atoms with E-state index in [0.29, 0.717) is 0 Å². The standard InChI is InChI=1S/C9H9NO4/c1-2-14-6(11)4-3-5-7(10)9(13)8(5)12/h3-4H,2,10H2,1H3/b4-3-. The Labute approximate surface area is 79.5 Å². The fourth-order valence-electron chi connectivity index (χ4n) is 0.934. The second kappa shape index (κ2) is 3.87. The van der Waals surface area contributed by atoms with Crippen molar-refractivity contribution in [2.24, 2.45) is 0 Å². The molecule has 0 aromatic heterocycles. The summed E-state index contributed by atoms with van der Waals surface area (Å²) in [6.07, 6.45) is 2.26. The van der Waals surface area contributed by atoms with Crippen LogP contribution in [0.15, 0.2) is 15.7 Å². The molecule has 0 aliphatic rings. The highest BCUT2D eigenvalue weighted by Gasteiger charge is 2.14. The van der Waals surface area contributed by atoms with E-state index in [4.69, 9.17) is 5.73 Å². The molecule has 0 radical (unpaired) electrons. The molecular weight excluding hydrogens is 186 g/mol. The van der Waals surface area contributed by atoms with E-state index in [0.717, 1.165) is 6.08 Å². The van der Waals surface area contributed by atoms with Crippen LogP contribution in [-0.2, 0) is 9.53 Å². The lowest BCUT2D eigenvalue weighted by atomic mass is 10.1. The summed E-state index contributed by atoms with van der Waals surface area (Å²) < 4.78 is 4.57. The van der Waals surface area contributed by atoms with E-state index in [1.165, 1.54) is 6.08 Å². The third-order valence-electron chi connectivity index (χ3n) is 1.66. The molecule has 1 aromatic rings. The first kappa shape index (κ1) is 10.2. The molecule has 1 aromatic carbocycles. The minimum Gasteiger partial charge on any atom is -0.463 e. The molecule has 0 atom stereocenters. The smallest absolute Gasteiger partial charge is 0.330 e. The number of nitrogen functional groups attached to an aromatic ring is 1. The van der Waals surface area contributed by atoms with Gasteiger partial charge in [0.2, 0.25) is 10.9 Å². The van der Waals surface area contributed by atoms with Gasteiger partial charge in [-0.05, 0) is 13.0 Å². The first-order valence-corrected chi connectivity index (χ1v) is 4.01. The zero-order valence-corrected chi connectivity index (χ0v) is 7.57. The van der Waals surface area contributed by atoms with Crippen molar-refractivity contribution >= 4 is 17.7 Å². The van der Waals surface area contributed by atoms with Crippen LogP contribution in [0.4, 0.5) is 5.69 Å². The zero-order valence-electron chi connectivity index (χ0n) is 7.57. The maximum atomic E-state index is 10.9. The number of ether oxygens (including phenoxy) is 1. The number of hydrogen-bond acceptors (Lipinski definition) is 5. The first-order valence-electron chi connectivity index (χ1n) is 4.01. The van der Waals surface area contributed by atoms with Crippen molar-refractivity contribution in [2.75, 3.05) is 12.3 Å². The van der Waals surface area contributed by atoms with E-state index in [-0.39, 0.29) is 17.9 Å². The summed E-state index contributed by atoms with van der Waals surface area (Å²) in [5, 5.41) is 0. The molecule has 0 spiro atoms. The van der Waals surface area contributed by atoms with Gasteiger partial charge in [-0.3, -0.25) is 9.59 Å². The van der Waals surface area contributed by atoms with E-state index in [1.54, 1.807) is 6.92 Å². The van der Waals surface area contributed by atoms with Crippen LogP contribution in [0.25, 0.3) is 6.08 Å². The molecule has 74 valence electrons. The van der Waals surface area contributed by atoms with Crippen LogP contribution in [0.1, 0.15) is 12.5 Å². The van der Waals surface area contributed by atoms with Gasteiger partial charge in [-0.25, -0.2) is 4.79 Å². The molecule has 0 fully saturated rings. The molecule has 0 aliphatic heterocycles. The Morgan fingerprint density at radius 2 is 2.07 bits per heavy atom. The lowest BCUT2D eigenvalue weighted by Crippen LogP contribution is -2.36. The summed E-state index contributed by atoms with van der Waals surface area (Å²) in [6, 6.07) is 0. The average molecular weight is 195 g/mol. The lowest BCUT2D eigenvalue weighted by Gasteiger charge is -2.00. The van der Waals surface area contributed by atoms with Crippen molar-refractivity contribution in [3.05, 3.63) is 32.1 Å². The average Bonchev–Trinajstić information content (AvgIpc) is 2.17. The maximum absolute atomic E-state index is 10.9. The largest absolute Gasteiger partial charge is 0.463 e. The SMILES string of the molecule is CCOC(=O)/C=C\c1c(N)c(=O)c1=O. The summed E-state index contributed by atoms with van der Waals surface area (Å²) in [6.45, 7) is 1.92. The van der Waals surface area contributed by atoms with Crippen LogP contribution in [0.3, 0.4) is 0 Å². The van der Waals surface area contributed by atoms with Crippen LogP contribution in [0.5, 0.6) is 0 Å². The molecule has 0 saturated carbocycles. The minimum atomic E-state index is -0.700. The van der Waals surface area contributed by atoms with Crippen molar-refractivity contribution in [1.82, 2.24) is 0 Å². The molecule has 0 bridgehead atoms. The molecule has 1 rings (SSSR count). The highest BCUT2D eigenvalue weighted by atomic mass is 16.5. The fraction of sp³-hybridized carbons (Fsp3) is 0.222. The quantitative estimate of drug-likeness (QED) is 0.397. The van der Waals surface area contributed by atoms with Gasteiger partial charge in [0.05, 0.1) is 17.9 Å². The number of nitrogens with two attached hydrogens (primary N) is 1. The monoisotopic (exact) mass is 195 g/mol. The highest BCUT2D eigenvalue weighted by Crippen LogP contribution is 2.04. The Morgan fingerprint density at radius 3 is 2.57 bits per heavy atom. The predicted octanol–water partition coefficient (Wildman–Crippen LogP) is -0.559. The zero-order chi connectivity index (χ0) is 10.7. The molecule has 0 saturated heterocycles. The van der Waals surface area contributed by atoms with Gasteiger partial charge in [0, 0.05) is 6.08 Å². The lowest BCUT2D eigenvalue weighted by molar-refractivity contribution is -0.137. The minimum absolute atomic E-state index is 0.0723. The second-order valence-corrected chi connectivity index (χ2v) is 2.57. The van der Waals surface area contributed by atoms with Gasteiger partial charge in [0.15, 0.2) is 0 Å². The number of hydrogen-bond donors (Lipinski definition) is 1. The van der Waals surface area contributed by atoms with Crippen molar-refractivity contribution in [1.29, 1.82) is 0 Å². The van der Waals surface area contributed by atoms with E-state index in [9.17, 15) is 14.4 Å². The Bertz CT molecular complexity index is 451. The number of carbonyl (C=O) groups is 1. The molecule has 5 nitrogen and oxygen atoms in total. The number of carbonyl (C=O) groups excluding carboxylic acids is 1. The topological polar surface area (TPSA) is 86.5 Å². The van der Waals surface area contributed by atoms with E-state index >= 15 is 0 Å². The number of esters is 1. The molecule has 0 amide bonds. The van der Waals surface area contributed by atoms with Crippen LogP contribution in [-0.4, -0.2) is 12.6 Å². The van der Waals surface area contributed by atoms with Gasteiger partial charge in [-0.1, -0.05) is 0 Å². The van der Waals surface area contributed by atoms with Crippen LogP contribution in [0.2, 0.25) is 0 Å². The molecule has 2 N–H and O–H groups in total. The van der Waals surface area contributed by atoms with Crippen molar-refractivity contribution in [3.8, 4) is 0 Å². The molecule has 0 aliphatic carbocycles. The highest BCUT2D eigenvalue weighted by molar-refractivity contribution is 5.88. The van der Waals surface area contributed by atoms with Crippen molar-refractivity contribution < 1.29 is 9.53 Å². The van der Waals surface area contributed by atoms with Gasteiger partial charge in [0.25, 0.3) is 0 Å². The Balaban J connectivity index is 2.76. The Kier molecular flexibility index (Phi) is 2.81. The van der Waals surface area contributed by atoms with Crippen LogP contribution in [0, 0.1) is 0 Å². The fourth-order valence-corrected chi connectivity index (χ4v) is 0.934. The summed E-state index contributed by atoms with van der Waals surface area (Å²) >= 11 is 0. The molecule has 0 unspecified atom stereocenters. The van der Waals surface area contributed by atoms with E-state index < -0.39 is 16.8 Å². The van der Waals surface area contributed by atoms with Crippen LogP contribution >= 0.6 is 0 Å². The van der Waals surface area contributed by atoms with Crippen LogP contribution < -0.4 is 16.6 Å². The summed E-state index contributed by atoms with van der Waals surface area (Å²) in [5.41, 5.74) is 3.83. The van der Waals surface area contributed by atoms with Crippen molar-refractivity contribution in [3.63, 3.8) is 0 Å². The number of rotatable bonds is 3. The predicted molar refractivity (Wildman–Crippen MR) is 51.4 cm³/mol. The first-order chi connectivity index (χ1) is 6.57. The number of anilines is 1. The van der Waals surface area contributed by atoms with E-state index in [1.807, 2.05) is 0 Å². The summed E-state index contributed by atoms with van der Waals surface area (Å²) in [7, 11) is 0. The second-order valence-electron chi connectivity index (χ2n) is 2.57. The van der Waals surface area contributed by atoms with Crippen molar-refractivity contribution in [2.45, 2.75) is 6.92 Å². The van der Waals surface area contributed by atoms with Gasteiger partial charge in [-0.2, -0.15) is 0 Å². The molecular formula is C9H9NO4. The van der Waals surface area contributed by atoms with Gasteiger partial charge >= 0.3 is 5.97 Å². The molecule has 5 heteroatoms. The molecule has 0 heterocycles. The summed E-state index contributed by atoms with van der Waals surface area (Å²) in [4.78, 5) is 32.3. The summed E-state index contributed by atoms with van der Waals surface area (Å²) in [5.74, 6) is -0.569. The third kappa shape index (κ3) is 1.71. The molecule has 14 heavy (non-hydrogen) atoms. The third-order valence-corrected chi connectivity index (χ3v) is 1.66. The Morgan fingerprint density at radius 1 is 1.43 bits per heavy atom. The van der Waals surface area contributed by atoms with E-state index in [2.05, 4.69) is 4.74 Å². The van der Waals surface area contributed by atoms with Gasteiger partial charge in [-0.15, -0.1) is 0 Å². The Hall–Kier alpha value is -1.91. The normalized spacial score (nSPS) is 10.9. The van der Waals surface area contributed by atoms with Gasteiger partial charge in [0.1, 0.15) is 0 Å². The van der Waals surface area contributed by atoms with Gasteiger partial charge < -0.3 is 10.5 Å². The maximum Gasteiger partial charge on any atom is 0.330 e.